The van der Waals surface area contributed by atoms with Gasteiger partial charge in [-0.15, -0.1) is 5.10 Å². The van der Waals surface area contributed by atoms with Crippen molar-refractivity contribution in [3.05, 3.63) is 78.6 Å². The van der Waals surface area contributed by atoms with Crippen LogP contribution in [0.4, 0.5) is 11.4 Å². The molecule has 0 unspecified atom stereocenters. The number of imidazole rings is 1. The molecular formula is C31H32N8O4. The molecule has 3 aromatic carbocycles. The number of ether oxygens (including phenoxy) is 1. The van der Waals surface area contributed by atoms with Crippen LogP contribution < -0.4 is 15.5 Å². The standard InChI is InChI=1S/C31H32N8O4/c1-20(40)33-21-13-15-22(16-14-21)39(28(41)19-38-27-12-6-4-10-25(27)35-36-38)29(31(42)32-18-23-8-7-17-43-23)30-34-24-9-3-5-11-26(24)37(30)2/h3-6,9-16,23,29H,7-8,17-19H2,1-2H3,(H,32,42)(H,33,40)/t23-,29-/m1/s1. The number of nitrogens with one attached hydrogen (secondary N) is 2. The Hall–Kier alpha value is -5.10. The average Bonchev–Trinajstić information content (AvgIpc) is 3.75. The van der Waals surface area contributed by atoms with Crippen molar-refractivity contribution in [2.24, 2.45) is 7.05 Å². The van der Waals surface area contributed by atoms with E-state index in [1.165, 1.54) is 16.5 Å². The van der Waals surface area contributed by atoms with Gasteiger partial charge in [0, 0.05) is 38.5 Å². The van der Waals surface area contributed by atoms with Crippen LogP contribution in [0, 0.1) is 0 Å². The van der Waals surface area contributed by atoms with Gasteiger partial charge in [-0.2, -0.15) is 0 Å². The maximum atomic E-state index is 14.3. The Bertz CT molecular complexity index is 1790. The third kappa shape index (κ3) is 5.82. The van der Waals surface area contributed by atoms with Crippen molar-refractivity contribution in [1.29, 1.82) is 0 Å². The molecule has 3 heterocycles. The zero-order valence-corrected chi connectivity index (χ0v) is 23.9. The molecule has 1 saturated heterocycles. The highest BCUT2D eigenvalue weighted by atomic mass is 16.5. The summed E-state index contributed by atoms with van der Waals surface area (Å²) in [7, 11) is 1.83. The second kappa shape index (κ2) is 12.0. The van der Waals surface area contributed by atoms with E-state index >= 15 is 0 Å². The monoisotopic (exact) mass is 580 g/mol. The van der Waals surface area contributed by atoms with Gasteiger partial charge in [-0.1, -0.05) is 29.5 Å². The van der Waals surface area contributed by atoms with Crippen LogP contribution in [0.1, 0.15) is 31.6 Å². The first-order chi connectivity index (χ1) is 20.9. The van der Waals surface area contributed by atoms with Gasteiger partial charge in [0.05, 0.1) is 22.7 Å². The first-order valence-corrected chi connectivity index (χ1v) is 14.2. The third-order valence-electron chi connectivity index (χ3n) is 7.54. The highest BCUT2D eigenvalue weighted by Crippen LogP contribution is 2.31. The summed E-state index contributed by atoms with van der Waals surface area (Å²) in [5, 5.41) is 14.2. The Morgan fingerprint density at radius 1 is 1.00 bits per heavy atom. The van der Waals surface area contributed by atoms with E-state index in [4.69, 9.17) is 9.72 Å². The summed E-state index contributed by atoms with van der Waals surface area (Å²) in [6.07, 6.45) is 1.70. The molecule has 3 amide bonds. The molecule has 0 aliphatic carbocycles. The maximum Gasteiger partial charge on any atom is 0.251 e. The van der Waals surface area contributed by atoms with Crippen LogP contribution in [0.2, 0.25) is 0 Å². The number of anilines is 2. The number of benzene rings is 3. The normalized spacial score (nSPS) is 15.4. The SMILES string of the molecule is CC(=O)Nc1ccc(N(C(=O)Cn2nnc3ccccc32)[C@@H](C(=O)NC[C@H]2CCCO2)c2nc3ccccc3n2C)cc1. The molecule has 5 aromatic rings. The van der Waals surface area contributed by atoms with Gasteiger partial charge in [0.1, 0.15) is 17.9 Å². The number of para-hydroxylation sites is 3. The number of amides is 3. The molecular weight excluding hydrogens is 548 g/mol. The van der Waals surface area contributed by atoms with Gasteiger partial charge in [-0.3, -0.25) is 19.3 Å². The third-order valence-corrected chi connectivity index (χ3v) is 7.54. The van der Waals surface area contributed by atoms with Gasteiger partial charge >= 0.3 is 0 Å². The number of carbonyl (C=O) groups excluding carboxylic acids is 3. The van der Waals surface area contributed by atoms with E-state index in [0.717, 1.165) is 18.4 Å². The molecule has 12 nitrogen and oxygen atoms in total. The van der Waals surface area contributed by atoms with Gasteiger partial charge in [0.15, 0.2) is 6.04 Å². The first-order valence-electron chi connectivity index (χ1n) is 14.2. The Morgan fingerprint density at radius 3 is 2.42 bits per heavy atom. The molecule has 2 N–H and O–H groups in total. The molecule has 43 heavy (non-hydrogen) atoms. The van der Waals surface area contributed by atoms with Crippen molar-refractivity contribution in [3.8, 4) is 0 Å². The molecule has 1 aliphatic rings. The lowest BCUT2D eigenvalue weighted by atomic mass is 10.1. The number of fused-ring (bicyclic) bond motifs is 2. The lowest BCUT2D eigenvalue weighted by molar-refractivity contribution is -0.127. The zero-order valence-electron chi connectivity index (χ0n) is 23.9. The van der Waals surface area contributed by atoms with Crippen LogP contribution in [-0.2, 0) is 32.7 Å². The fourth-order valence-corrected chi connectivity index (χ4v) is 5.46. The van der Waals surface area contributed by atoms with E-state index in [2.05, 4.69) is 20.9 Å². The van der Waals surface area contributed by atoms with E-state index in [1.54, 1.807) is 24.3 Å². The van der Waals surface area contributed by atoms with Crippen molar-refractivity contribution in [2.75, 3.05) is 23.4 Å². The Balaban J connectivity index is 1.44. The van der Waals surface area contributed by atoms with Crippen molar-refractivity contribution in [1.82, 2.24) is 29.9 Å². The number of rotatable bonds is 9. The highest BCUT2D eigenvalue weighted by Gasteiger charge is 2.37. The van der Waals surface area contributed by atoms with Gasteiger partial charge in [-0.05, 0) is 61.4 Å². The summed E-state index contributed by atoms with van der Waals surface area (Å²) in [5.41, 5.74) is 3.89. The predicted octanol–water partition coefficient (Wildman–Crippen LogP) is 3.35. The average molecular weight is 581 g/mol. The lowest BCUT2D eigenvalue weighted by Crippen LogP contribution is -2.47. The maximum absolute atomic E-state index is 14.3. The van der Waals surface area contributed by atoms with E-state index < -0.39 is 17.9 Å². The molecule has 12 heteroatoms. The van der Waals surface area contributed by atoms with Crippen LogP contribution in [0.25, 0.3) is 22.1 Å². The number of hydrogen-bond acceptors (Lipinski definition) is 7. The molecule has 220 valence electrons. The summed E-state index contributed by atoms with van der Waals surface area (Å²) in [5.74, 6) is -0.609. The van der Waals surface area contributed by atoms with Crippen molar-refractivity contribution in [2.45, 2.75) is 38.5 Å². The predicted molar refractivity (Wildman–Crippen MR) is 161 cm³/mol. The minimum atomic E-state index is -1.13. The first kappa shape index (κ1) is 28.0. The fraction of sp³-hybridized carbons (Fsp3) is 0.290. The summed E-state index contributed by atoms with van der Waals surface area (Å²) < 4.78 is 9.10. The van der Waals surface area contributed by atoms with E-state index in [-0.39, 0.29) is 18.6 Å². The molecule has 0 saturated carbocycles. The molecule has 2 atom stereocenters. The molecule has 6 rings (SSSR count). The summed E-state index contributed by atoms with van der Waals surface area (Å²) in [6, 6.07) is 20.6. The molecule has 1 aliphatic heterocycles. The van der Waals surface area contributed by atoms with Gasteiger partial charge in [0.2, 0.25) is 11.8 Å². The minimum Gasteiger partial charge on any atom is -0.376 e. The summed E-state index contributed by atoms with van der Waals surface area (Å²) >= 11 is 0. The van der Waals surface area contributed by atoms with Crippen LogP contribution in [-0.4, -0.2) is 61.5 Å². The zero-order chi connectivity index (χ0) is 29.9. The molecule has 0 bridgehead atoms. The van der Waals surface area contributed by atoms with Gasteiger partial charge in [-0.25, -0.2) is 9.67 Å². The van der Waals surface area contributed by atoms with Crippen LogP contribution >= 0.6 is 0 Å². The van der Waals surface area contributed by atoms with E-state index in [1.807, 2.05) is 60.1 Å². The quantitative estimate of drug-likeness (QED) is 0.273. The van der Waals surface area contributed by atoms with Gasteiger partial charge in [0.25, 0.3) is 5.91 Å². The Labute approximate surface area is 247 Å². The summed E-state index contributed by atoms with van der Waals surface area (Å²) in [4.78, 5) is 46.4. The number of nitrogens with zero attached hydrogens (tertiary/aromatic N) is 6. The number of aryl methyl sites for hydroxylation is 1. The Kier molecular flexibility index (Phi) is 7.84. The Morgan fingerprint density at radius 2 is 1.72 bits per heavy atom. The number of hydrogen-bond donors (Lipinski definition) is 2. The van der Waals surface area contributed by atoms with Crippen LogP contribution in [0.5, 0.6) is 0 Å². The van der Waals surface area contributed by atoms with E-state index in [9.17, 15) is 14.4 Å². The van der Waals surface area contributed by atoms with Crippen molar-refractivity contribution < 1.29 is 19.1 Å². The van der Waals surface area contributed by atoms with Crippen LogP contribution in [0.15, 0.2) is 72.8 Å². The second-order valence-corrected chi connectivity index (χ2v) is 10.5. The van der Waals surface area contributed by atoms with Gasteiger partial charge < -0.3 is 19.9 Å². The molecule has 0 radical (unpaired) electrons. The van der Waals surface area contributed by atoms with Crippen molar-refractivity contribution in [3.63, 3.8) is 0 Å². The van der Waals surface area contributed by atoms with Crippen LogP contribution in [0.3, 0.4) is 0 Å². The molecule has 1 fully saturated rings. The molecule has 2 aromatic heterocycles. The summed E-state index contributed by atoms with van der Waals surface area (Å²) in [6.45, 7) is 2.22. The lowest BCUT2D eigenvalue weighted by Gasteiger charge is -2.31. The highest BCUT2D eigenvalue weighted by molar-refractivity contribution is 6.02. The van der Waals surface area contributed by atoms with E-state index in [0.29, 0.717) is 46.9 Å². The largest absolute Gasteiger partial charge is 0.376 e. The number of carbonyl (C=O) groups is 3. The smallest absolute Gasteiger partial charge is 0.251 e. The van der Waals surface area contributed by atoms with Crippen molar-refractivity contribution >= 4 is 51.2 Å². The minimum absolute atomic E-state index is 0.0901. The second-order valence-electron chi connectivity index (χ2n) is 10.5. The number of aromatic nitrogens is 5. The topological polar surface area (TPSA) is 136 Å². The molecule has 0 spiro atoms. The fourth-order valence-electron chi connectivity index (χ4n) is 5.46.